The second-order valence-corrected chi connectivity index (χ2v) is 3.75. The van der Waals surface area contributed by atoms with Crippen molar-refractivity contribution in [2.45, 2.75) is 4.90 Å². The molecule has 0 spiro atoms. The van der Waals surface area contributed by atoms with E-state index in [2.05, 4.69) is 17.6 Å². The van der Waals surface area contributed by atoms with E-state index in [0.717, 1.165) is 4.90 Å². The molecule has 1 aromatic heterocycles. The molecule has 0 saturated carbocycles. The number of hydrogen-bond donors (Lipinski definition) is 2. The van der Waals surface area contributed by atoms with Crippen LogP contribution in [0.4, 0.5) is 5.82 Å². The van der Waals surface area contributed by atoms with Crippen LogP contribution in [0.3, 0.4) is 0 Å². The number of hydrogen-bond acceptors (Lipinski definition) is 5. The molecular formula is C7H7N3S2. The van der Waals surface area contributed by atoms with E-state index in [9.17, 15) is 0 Å². The number of anilines is 1. The van der Waals surface area contributed by atoms with E-state index in [1.54, 1.807) is 6.07 Å². The lowest BCUT2D eigenvalue weighted by Gasteiger charge is -2.00. The molecule has 0 fully saturated rings. The number of nitrogen functional groups attached to an aromatic ring is 1. The average molecular weight is 197 g/mol. The SMILES string of the molecule is N#Cc1cnc(N)cc1SCS. The van der Waals surface area contributed by atoms with Crippen molar-refractivity contribution in [2.75, 3.05) is 10.8 Å². The van der Waals surface area contributed by atoms with Crippen molar-refractivity contribution in [1.82, 2.24) is 4.98 Å². The summed E-state index contributed by atoms with van der Waals surface area (Å²) in [6.45, 7) is 0. The van der Waals surface area contributed by atoms with Crippen molar-refractivity contribution in [3.8, 4) is 6.07 Å². The highest BCUT2D eigenvalue weighted by atomic mass is 32.2. The first-order valence-corrected chi connectivity index (χ1v) is 4.79. The molecule has 5 heteroatoms. The third-order valence-electron chi connectivity index (χ3n) is 1.23. The van der Waals surface area contributed by atoms with Crippen LogP contribution in [0.5, 0.6) is 0 Å². The maximum absolute atomic E-state index is 8.67. The van der Waals surface area contributed by atoms with E-state index >= 15 is 0 Å². The fourth-order valence-electron chi connectivity index (χ4n) is 0.725. The van der Waals surface area contributed by atoms with Crippen LogP contribution < -0.4 is 5.73 Å². The maximum atomic E-state index is 8.67. The first-order chi connectivity index (χ1) is 5.77. The molecule has 2 N–H and O–H groups in total. The fraction of sp³-hybridized carbons (Fsp3) is 0.143. The Balaban J connectivity index is 3.06. The molecule has 0 amide bonds. The predicted molar refractivity (Wildman–Crippen MR) is 53.1 cm³/mol. The van der Waals surface area contributed by atoms with Gasteiger partial charge in [-0.15, -0.1) is 11.8 Å². The van der Waals surface area contributed by atoms with Crippen LogP contribution in [-0.2, 0) is 0 Å². The number of thioether (sulfide) groups is 1. The van der Waals surface area contributed by atoms with Crippen LogP contribution in [-0.4, -0.2) is 10.1 Å². The smallest absolute Gasteiger partial charge is 0.124 e. The van der Waals surface area contributed by atoms with Crippen molar-refractivity contribution in [3.05, 3.63) is 17.8 Å². The van der Waals surface area contributed by atoms with Gasteiger partial charge in [-0.2, -0.15) is 17.9 Å². The Morgan fingerprint density at radius 2 is 2.50 bits per heavy atom. The van der Waals surface area contributed by atoms with E-state index in [4.69, 9.17) is 11.0 Å². The first kappa shape index (κ1) is 9.23. The lowest BCUT2D eigenvalue weighted by Crippen LogP contribution is -1.92. The first-order valence-electron chi connectivity index (χ1n) is 3.17. The van der Waals surface area contributed by atoms with Crippen molar-refractivity contribution < 1.29 is 0 Å². The Morgan fingerprint density at radius 3 is 3.08 bits per heavy atom. The zero-order valence-electron chi connectivity index (χ0n) is 6.19. The zero-order chi connectivity index (χ0) is 8.97. The van der Waals surface area contributed by atoms with Crippen LogP contribution >= 0.6 is 24.4 Å². The van der Waals surface area contributed by atoms with Gasteiger partial charge in [0, 0.05) is 16.2 Å². The molecule has 0 aromatic carbocycles. The highest BCUT2D eigenvalue weighted by Crippen LogP contribution is 2.23. The van der Waals surface area contributed by atoms with E-state index in [1.165, 1.54) is 18.0 Å². The molecule has 0 aliphatic heterocycles. The largest absolute Gasteiger partial charge is 0.384 e. The topological polar surface area (TPSA) is 62.7 Å². The number of aromatic nitrogens is 1. The molecule has 0 radical (unpaired) electrons. The van der Waals surface area contributed by atoms with Crippen LogP contribution in [0.15, 0.2) is 17.2 Å². The van der Waals surface area contributed by atoms with Crippen molar-refractivity contribution in [2.24, 2.45) is 0 Å². The zero-order valence-corrected chi connectivity index (χ0v) is 7.90. The summed E-state index contributed by atoms with van der Waals surface area (Å²) in [5, 5.41) is 9.29. The summed E-state index contributed by atoms with van der Waals surface area (Å²) in [6.07, 6.45) is 1.47. The van der Waals surface area contributed by atoms with Crippen LogP contribution in [0, 0.1) is 11.3 Å². The molecule has 0 bridgehead atoms. The third kappa shape index (κ3) is 2.06. The minimum Gasteiger partial charge on any atom is -0.384 e. The highest BCUT2D eigenvalue weighted by Gasteiger charge is 2.02. The van der Waals surface area contributed by atoms with Gasteiger partial charge in [0.05, 0.1) is 5.56 Å². The van der Waals surface area contributed by atoms with Crippen molar-refractivity contribution in [1.29, 1.82) is 5.26 Å². The van der Waals surface area contributed by atoms with E-state index < -0.39 is 0 Å². The Hall–Kier alpha value is -0.860. The van der Waals surface area contributed by atoms with Gasteiger partial charge in [0.2, 0.25) is 0 Å². The van der Waals surface area contributed by atoms with Gasteiger partial charge < -0.3 is 5.73 Å². The second kappa shape index (κ2) is 4.24. The van der Waals surface area contributed by atoms with Gasteiger partial charge in [0.25, 0.3) is 0 Å². The summed E-state index contributed by atoms with van der Waals surface area (Å²) in [5.41, 5.74) is 6.00. The Kier molecular flexibility index (Phi) is 3.26. The quantitative estimate of drug-likeness (QED) is 0.428. The van der Waals surface area contributed by atoms with Gasteiger partial charge in [-0.1, -0.05) is 0 Å². The molecule has 1 aromatic rings. The van der Waals surface area contributed by atoms with Gasteiger partial charge in [-0.3, -0.25) is 0 Å². The standard InChI is InChI=1S/C7H7N3S2/c8-2-5-3-10-7(9)1-6(5)12-4-11/h1,3,11H,4H2,(H2,9,10). The minimum atomic E-state index is 0.429. The summed E-state index contributed by atoms with van der Waals surface area (Å²) >= 11 is 5.51. The Bertz CT molecular complexity index is 319. The van der Waals surface area contributed by atoms with Crippen LogP contribution in [0.25, 0.3) is 0 Å². The monoisotopic (exact) mass is 197 g/mol. The van der Waals surface area contributed by atoms with Gasteiger partial charge in [-0.25, -0.2) is 4.98 Å². The van der Waals surface area contributed by atoms with Crippen LogP contribution in [0.1, 0.15) is 5.56 Å². The molecule has 0 aliphatic rings. The summed E-state index contributed by atoms with van der Waals surface area (Å²) < 4.78 is 0. The Morgan fingerprint density at radius 1 is 1.75 bits per heavy atom. The fourth-order valence-corrected chi connectivity index (χ4v) is 1.74. The number of pyridine rings is 1. The third-order valence-corrected chi connectivity index (χ3v) is 2.39. The summed E-state index contributed by atoms with van der Waals surface area (Å²) in [7, 11) is 0. The van der Waals surface area contributed by atoms with Gasteiger partial charge >= 0.3 is 0 Å². The number of nitrogens with two attached hydrogens (primary N) is 1. The highest BCUT2D eigenvalue weighted by molar-refractivity contribution is 8.09. The summed E-state index contributed by atoms with van der Waals surface area (Å²) in [6, 6.07) is 3.71. The molecule has 0 unspecified atom stereocenters. The molecule has 1 rings (SSSR count). The molecule has 62 valence electrons. The molecule has 3 nitrogen and oxygen atoms in total. The van der Waals surface area contributed by atoms with E-state index in [-0.39, 0.29) is 0 Å². The van der Waals surface area contributed by atoms with Gasteiger partial charge in [-0.05, 0) is 6.07 Å². The Labute approximate surface area is 80.4 Å². The normalized spacial score (nSPS) is 9.33. The molecular weight excluding hydrogens is 190 g/mol. The molecule has 12 heavy (non-hydrogen) atoms. The lowest BCUT2D eigenvalue weighted by atomic mass is 10.3. The molecule has 0 saturated heterocycles. The summed E-state index contributed by atoms with van der Waals surface area (Å²) in [4.78, 5) is 4.64. The summed E-state index contributed by atoms with van der Waals surface area (Å²) in [5.74, 6) is 0.429. The number of nitriles is 1. The molecule has 1 heterocycles. The number of thiol groups is 1. The molecule has 0 aliphatic carbocycles. The van der Waals surface area contributed by atoms with Gasteiger partial charge in [0.15, 0.2) is 0 Å². The predicted octanol–water partition coefficient (Wildman–Crippen LogP) is 1.51. The van der Waals surface area contributed by atoms with Crippen molar-refractivity contribution in [3.63, 3.8) is 0 Å². The second-order valence-electron chi connectivity index (χ2n) is 1.99. The van der Waals surface area contributed by atoms with E-state index in [1.807, 2.05) is 6.07 Å². The molecule has 0 atom stereocenters. The lowest BCUT2D eigenvalue weighted by molar-refractivity contribution is 1.24. The number of nitrogens with zero attached hydrogens (tertiary/aromatic N) is 2. The minimum absolute atomic E-state index is 0.429. The maximum Gasteiger partial charge on any atom is 0.124 e. The van der Waals surface area contributed by atoms with Crippen molar-refractivity contribution >= 4 is 30.2 Å². The van der Waals surface area contributed by atoms with Gasteiger partial charge in [0.1, 0.15) is 11.9 Å². The number of rotatable bonds is 2. The van der Waals surface area contributed by atoms with E-state index in [0.29, 0.717) is 16.5 Å². The van der Waals surface area contributed by atoms with Crippen LogP contribution in [0.2, 0.25) is 0 Å². The average Bonchev–Trinajstić information content (AvgIpc) is 2.05.